The van der Waals surface area contributed by atoms with Gasteiger partial charge in [0, 0.05) is 12.8 Å². The lowest BCUT2D eigenvalue weighted by molar-refractivity contribution is -0.161. The lowest BCUT2D eigenvalue weighted by atomic mass is 10.1. The van der Waals surface area contributed by atoms with Gasteiger partial charge in [-0.05, 0) is 70.6 Å². The van der Waals surface area contributed by atoms with Gasteiger partial charge in [0.2, 0.25) is 0 Å². The average molecular weight is 808 g/mol. The van der Waals surface area contributed by atoms with Gasteiger partial charge in [-0.25, -0.2) is 4.57 Å². The molecule has 0 heterocycles. The van der Waals surface area contributed by atoms with E-state index in [1.807, 2.05) is 12.2 Å². The second-order valence-corrected chi connectivity index (χ2v) is 15.2. The number of nitrogens with two attached hydrogens (primary N) is 1. The van der Waals surface area contributed by atoms with Crippen molar-refractivity contribution in [3.63, 3.8) is 0 Å². The van der Waals surface area contributed by atoms with Gasteiger partial charge in [0.25, 0.3) is 0 Å². The zero-order valence-electron chi connectivity index (χ0n) is 34.4. The number of carboxylic acids is 1. The highest BCUT2D eigenvalue weighted by atomic mass is 31.2. The van der Waals surface area contributed by atoms with Gasteiger partial charge in [-0.1, -0.05) is 145 Å². The first-order valence-corrected chi connectivity index (χ1v) is 22.5. The molecule has 320 valence electrons. The third-order valence-electron chi connectivity index (χ3n) is 8.44. The Bertz CT molecular complexity index is 1230. The summed E-state index contributed by atoms with van der Waals surface area (Å²) in [6.07, 6.45) is 45.4. The predicted octanol–water partition coefficient (Wildman–Crippen LogP) is 10.9. The van der Waals surface area contributed by atoms with Crippen LogP contribution in [0.5, 0.6) is 0 Å². The Hall–Kier alpha value is -3.08. The standard InChI is InChI=1S/C44H74NO10P/c1-3-5-7-9-11-13-15-17-19-20-22-24-26-28-30-32-34-36-43(47)55-40(38-53-56(50,51)54-39-41(45)44(48)49)37-52-42(46)35-33-31-29-27-25-23-21-18-16-14-12-10-8-6-4-2/h5,7,10-13,17,19,22,24,28,30,40-41H,3-4,6,8-9,14-16,18,20-21,23,25-27,29,31-39,45H2,1-2H3,(H,48,49)(H,50,51)/b7-5+,12-10+,13-11+,19-17+,24-22+,30-28+/t40-,41+/m1/s1. The molecule has 0 fully saturated rings. The second-order valence-electron chi connectivity index (χ2n) is 13.7. The lowest BCUT2D eigenvalue weighted by Gasteiger charge is -2.20. The number of esters is 2. The smallest absolute Gasteiger partial charge is 0.472 e. The molecule has 3 atom stereocenters. The summed E-state index contributed by atoms with van der Waals surface area (Å²) in [5.41, 5.74) is 5.32. The molecule has 12 heteroatoms. The van der Waals surface area contributed by atoms with Crippen LogP contribution in [0, 0.1) is 0 Å². The molecule has 0 aromatic heterocycles. The quantitative estimate of drug-likeness (QED) is 0.0235. The van der Waals surface area contributed by atoms with E-state index in [-0.39, 0.29) is 19.4 Å². The third-order valence-corrected chi connectivity index (χ3v) is 9.39. The highest BCUT2D eigenvalue weighted by molar-refractivity contribution is 7.47. The number of hydrogen-bond donors (Lipinski definition) is 3. The molecule has 1 unspecified atom stereocenters. The van der Waals surface area contributed by atoms with Gasteiger partial charge < -0.3 is 25.2 Å². The molecule has 0 aromatic rings. The summed E-state index contributed by atoms with van der Waals surface area (Å²) < 4.78 is 32.6. The first-order valence-electron chi connectivity index (χ1n) is 21.0. The number of carbonyl (C=O) groups is 3. The highest BCUT2D eigenvalue weighted by Crippen LogP contribution is 2.43. The summed E-state index contributed by atoms with van der Waals surface area (Å²) in [5.74, 6) is -2.47. The molecule has 0 rings (SSSR count). The molecular formula is C44H74NO10P. The minimum atomic E-state index is -4.73. The van der Waals surface area contributed by atoms with Crippen LogP contribution in [0.25, 0.3) is 0 Å². The van der Waals surface area contributed by atoms with E-state index in [1.54, 1.807) is 0 Å². The van der Waals surface area contributed by atoms with Crippen LogP contribution in [0.15, 0.2) is 72.9 Å². The molecule has 0 saturated carbocycles. The van der Waals surface area contributed by atoms with Gasteiger partial charge in [-0.2, -0.15) is 0 Å². The molecule has 56 heavy (non-hydrogen) atoms. The van der Waals surface area contributed by atoms with Crippen molar-refractivity contribution in [2.24, 2.45) is 5.73 Å². The summed E-state index contributed by atoms with van der Waals surface area (Å²) >= 11 is 0. The number of carboxylic acid groups (broad SMARTS) is 1. The first kappa shape index (κ1) is 52.9. The third kappa shape index (κ3) is 37.8. The molecule has 0 radical (unpaired) electrons. The van der Waals surface area contributed by atoms with Crippen LogP contribution in [0.2, 0.25) is 0 Å². The van der Waals surface area contributed by atoms with E-state index in [9.17, 15) is 23.8 Å². The number of ether oxygens (including phenoxy) is 2. The van der Waals surface area contributed by atoms with Crippen LogP contribution in [0.1, 0.15) is 155 Å². The summed E-state index contributed by atoms with van der Waals surface area (Å²) in [5, 5.41) is 8.88. The summed E-state index contributed by atoms with van der Waals surface area (Å²) in [6.45, 7) is 2.58. The highest BCUT2D eigenvalue weighted by Gasteiger charge is 2.28. The van der Waals surface area contributed by atoms with Crippen LogP contribution in [0.4, 0.5) is 0 Å². The van der Waals surface area contributed by atoms with Gasteiger partial charge in [-0.15, -0.1) is 0 Å². The molecule has 0 spiro atoms. The Kier molecular flexibility index (Phi) is 36.6. The van der Waals surface area contributed by atoms with Crippen molar-refractivity contribution >= 4 is 25.7 Å². The van der Waals surface area contributed by atoms with Crippen LogP contribution in [0.3, 0.4) is 0 Å². The van der Waals surface area contributed by atoms with E-state index in [2.05, 4.69) is 79.1 Å². The Morgan fingerprint density at radius 1 is 0.571 bits per heavy atom. The van der Waals surface area contributed by atoms with E-state index in [0.717, 1.165) is 51.4 Å². The zero-order valence-corrected chi connectivity index (χ0v) is 35.3. The van der Waals surface area contributed by atoms with E-state index in [0.29, 0.717) is 19.3 Å². The Balaban J connectivity index is 4.50. The molecular weight excluding hydrogens is 733 g/mol. The van der Waals surface area contributed by atoms with Gasteiger partial charge in [-0.3, -0.25) is 23.4 Å². The summed E-state index contributed by atoms with van der Waals surface area (Å²) in [4.78, 5) is 45.9. The predicted molar refractivity (Wildman–Crippen MR) is 226 cm³/mol. The number of rotatable bonds is 38. The molecule has 11 nitrogen and oxygen atoms in total. The van der Waals surface area contributed by atoms with Crippen molar-refractivity contribution in [2.75, 3.05) is 19.8 Å². The van der Waals surface area contributed by atoms with E-state index >= 15 is 0 Å². The first-order chi connectivity index (χ1) is 27.1. The molecule has 0 saturated heterocycles. The fourth-order valence-electron chi connectivity index (χ4n) is 5.14. The largest absolute Gasteiger partial charge is 0.480 e. The van der Waals surface area contributed by atoms with Crippen LogP contribution in [-0.4, -0.2) is 59.9 Å². The SMILES string of the molecule is CC/C=C/C/C=C/C/C=C/C/C=C/C/C=C/CCCC(=O)O[C@H](COC(=O)CCCCCCCCCCC/C=C/CCCC)COP(=O)(O)OC[C@H](N)C(=O)O. The van der Waals surface area contributed by atoms with E-state index in [1.165, 1.54) is 57.8 Å². The number of hydrogen-bond acceptors (Lipinski definition) is 9. The van der Waals surface area contributed by atoms with Crippen LogP contribution < -0.4 is 5.73 Å². The average Bonchev–Trinajstić information content (AvgIpc) is 3.17. The fraction of sp³-hybridized carbons (Fsp3) is 0.659. The van der Waals surface area contributed by atoms with Crippen molar-refractivity contribution in [1.82, 2.24) is 0 Å². The Morgan fingerprint density at radius 3 is 1.57 bits per heavy atom. The number of phosphoric ester groups is 1. The molecule has 0 aliphatic heterocycles. The van der Waals surface area contributed by atoms with Gasteiger partial charge in [0.1, 0.15) is 12.6 Å². The van der Waals surface area contributed by atoms with Gasteiger partial charge in [0.05, 0.1) is 13.2 Å². The van der Waals surface area contributed by atoms with Crippen molar-refractivity contribution in [3.05, 3.63) is 72.9 Å². The number of unbranched alkanes of at least 4 members (excludes halogenated alkanes) is 12. The minimum absolute atomic E-state index is 0.0793. The van der Waals surface area contributed by atoms with E-state index < -0.39 is 51.1 Å². The van der Waals surface area contributed by atoms with Crippen LogP contribution in [-0.2, 0) is 37.5 Å². The number of phosphoric acid groups is 1. The minimum Gasteiger partial charge on any atom is -0.480 e. The molecule has 0 amide bonds. The van der Waals surface area contributed by atoms with Crippen molar-refractivity contribution in [1.29, 1.82) is 0 Å². The number of aliphatic carboxylic acids is 1. The molecule has 0 bridgehead atoms. The maximum atomic E-state index is 12.6. The second kappa shape index (κ2) is 38.8. The maximum Gasteiger partial charge on any atom is 0.472 e. The fourth-order valence-corrected chi connectivity index (χ4v) is 5.92. The van der Waals surface area contributed by atoms with Crippen molar-refractivity contribution < 1.29 is 47.5 Å². The normalized spacial score (nSPS) is 14.5. The lowest BCUT2D eigenvalue weighted by Crippen LogP contribution is -2.34. The van der Waals surface area contributed by atoms with E-state index in [4.69, 9.17) is 24.8 Å². The van der Waals surface area contributed by atoms with Crippen molar-refractivity contribution in [2.45, 2.75) is 167 Å². The number of carbonyl (C=O) groups excluding carboxylic acids is 2. The van der Waals surface area contributed by atoms with Crippen molar-refractivity contribution in [3.8, 4) is 0 Å². The molecule has 0 aromatic carbocycles. The maximum absolute atomic E-state index is 12.6. The summed E-state index contributed by atoms with van der Waals surface area (Å²) in [6, 6.07) is -1.53. The number of allylic oxidation sites excluding steroid dienone is 12. The molecule has 4 N–H and O–H groups in total. The molecule has 0 aliphatic carbocycles. The Labute approximate surface area is 338 Å². The van der Waals surface area contributed by atoms with Gasteiger partial charge >= 0.3 is 25.7 Å². The molecule has 0 aliphatic rings. The zero-order chi connectivity index (χ0) is 41.4. The topological polar surface area (TPSA) is 172 Å². The summed E-state index contributed by atoms with van der Waals surface area (Å²) in [7, 11) is -4.73. The van der Waals surface area contributed by atoms with Crippen LogP contribution >= 0.6 is 7.82 Å². The Morgan fingerprint density at radius 2 is 1.02 bits per heavy atom. The monoisotopic (exact) mass is 808 g/mol. The van der Waals surface area contributed by atoms with Gasteiger partial charge in [0.15, 0.2) is 6.10 Å².